The molecule has 1 aromatic heterocycles. The van der Waals surface area contributed by atoms with E-state index in [-0.39, 0.29) is 5.41 Å². The number of rotatable bonds is 2. The van der Waals surface area contributed by atoms with Crippen LogP contribution < -0.4 is 5.73 Å². The third-order valence-corrected chi connectivity index (χ3v) is 4.18. The van der Waals surface area contributed by atoms with E-state index in [1.54, 1.807) is 0 Å². The van der Waals surface area contributed by atoms with Gasteiger partial charge in [-0.05, 0) is 40.3 Å². The van der Waals surface area contributed by atoms with E-state index >= 15 is 0 Å². The van der Waals surface area contributed by atoms with E-state index in [1.165, 1.54) is 0 Å². The third kappa shape index (κ3) is 3.61. The normalized spacial score (nSPS) is 11.7. The van der Waals surface area contributed by atoms with Crippen LogP contribution in [0.2, 0.25) is 5.02 Å². The summed E-state index contributed by atoms with van der Waals surface area (Å²) in [6, 6.07) is 7.73. The van der Waals surface area contributed by atoms with Crippen molar-refractivity contribution in [3.8, 4) is 0 Å². The van der Waals surface area contributed by atoms with Crippen LogP contribution in [0.25, 0.3) is 0 Å². The zero-order valence-electron chi connectivity index (χ0n) is 11.7. The fourth-order valence-electron chi connectivity index (χ4n) is 1.92. The predicted molar refractivity (Wildman–Crippen MR) is 92.1 cm³/mol. The number of hydrogen-bond donors (Lipinski definition) is 1. The van der Waals surface area contributed by atoms with Gasteiger partial charge in [0.05, 0.1) is 9.26 Å². The molecule has 0 amide bonds. The van der Waals surface area contributed by atoms with Gasteiger partial charge >= 0.3 is 0 Å². The fraction of sp³-hybridized carbons (Fsp3) is 0.333. The minimum atomic E-state index is -0.0589. The molecule has 2 rings (SSSR count). The zero-order valence-corrected chi connectivity index (χ0v) is 14.7. The highest BCUT2D eigenvalue weighted by atomic mass is 127. The lowest BCUT2D eigenvalue weighted by atomic mass is 9.92. The molecule has 0 atom stereocenters. The molecular weight excluding hydrogens is 385 g/mol. The second-order valence-electron chi connectivity index (χ2n) is 5.74. The zero-order chi connectivity index (χ0) is 14.9. The van der Waals surface area contributed by atoms with E-state index in [0.717, 1.165) is 25.7 Å². The van der Waals surface area contributed by atoms with Crippen LogP contribution in [-0.4, -0.2) is 9.97 Å². The Bertz CT molecular complexity index is 636. The van der Waals surface area contributed by atoms with Crippen LogP contribution >= 0.6 is 34.2 Å². The van der Waals surface area contributed by atoms with Crippen LogP contribution in [0, 0.1) is 3.57 Å². The van der Waals surface area contributed by atoms with Gasteiger partial charge in [0.2, 0.25) is 0 Å². The lowest BCUT2D eigenvalue weighted by molar-refractivity contribution is 0.559. The SMILES string of the molecule is CC(C)(C)c1nc(Cc2cccc(Cl)c2)nc(N)c1I. The molecular formula is C15H17ClIN3. The molecule has 1 aromatic carbocycles. The maximum atomic E-state index is 6.02. The number of aromatic nitrogens is 2. The molecule has 20 heavy (non-hydrogen) atoms. The van der Waals surface area contributed by atoms with Crippen molar-refractivity contribution >= 4 is 40.0 Å². The molecule has 2 aromatic rings. The maximum Gasteiger partial charge on any atom is 0.140 e. The number of anilines is 1. The summed E-state index contributed by atoms with van der Waals surface area (Å²) in [5.41, 5.74) is 8.03. The Morgan fingerprint density at radius 2 is 1.95 bits per heavy atom. The van der Waals surface area contributed by atoms with Gasteiger partial charge in [0.25, 0.3) is 0 Å². The van der Waals surface area contributed by atoms with Crippen molar-refractivity contribution in [3.63, 3.8) is 0 Å². The van der Waals surface area contributed by atoms with Gasteiger partial charge in [-0.2, -0.15) is 0 Å². The highest BCUT2D eigenvalue weighted by Crippen LogP contribution is 2.28. The molecule has 0 saturated heterocycles. The van der Waals surface area contributed by atoms with Crippen molar-refractivity contribution in [1.29, 1.82) is 0 Å². The van der Waals surface area contributed by atoms with Crippen molar-refractivity contribution in [2.75, 3.05) is 5.73 Å². The first-order chi connectivity index (χ1) is 9.27. The molecule has 0 spiro atoms. The van der Waals surface area contributed by atoms with Crippen molar-refractivity contribution in [2.45, 2.75) is 32.6 Å². The number of nitrogens with two attached hydrogens (primary N) is 1. The van der Waals surface area contributed by atoms with E-state index in [1.807, 2.05) is 24.3 Å². The number of nitrogen functional groups attached to an aromatic ring is 1. The largest absolute Gasteiger partial charge is 0.383 e. The Morgan fingerprint density at radius 3 is 2.55 bits per heavy atom. The highest BCUT2D eigenvalue weighted by molar-refractivity contribution is 14.1. The average molecular weight is 402 g/mol. The summed E-state index contributed by atoms with van der Waals surface area (Å²) in [6.45, 7) is 6.38. The second kappa shape index (κ2) is 5.85. The molecule has 0 bridgehead atoms. The summed E-state index contributed by atoms with van der Waals surface area (Å²) in [5.74, 6) is 1.28. The molecule has 2 N–H and O–H groups in total. The van der Waals surface area contributed by atoms with E-state index < -0.39 is 0 Å². The monoisotopic (exact) mass is 401 g/mol. The summed E-state index contributed by atoms with van der Waals surface area (Å²) < 4.78 is 0.935. The number of hydrogen-bond acceptors (Lipinski definition) is 3. The molecule has 106 valence electrons. The smallest absolute Gasteiger partial charge is 0.140 e. The first-order valence-corrected chi connectivity index (χ1v) is 7.80. The standard InChI is InChI=1S/C15H17ClIN3/c1-15(2,3)13-12(17)14(18)20-11(19-13)8-9-5-4-6-10(16)7-9/h4-7H,8H2,1-3H3,(H2,18,19,20). The van der Waals surface area contributed by atoms with E-state index in [2.05, 4.69) is 53.3 Å². The quantitative estimate of drug-likeness (QED) is 0.767. The Morgan fingerprint density at radius 1 is 1.25 bits per heavy atom. The first kappa shape index (κ1) is 15.5. The Hall–Kier alpha value is -0.880. The predicted octanol–water partition coefficient (Wildman–Crippen LogP) is 4.21. The molecule has 1 heterocycles. The van der Waals surface area contributed by atoms with Crippen LogP contribution in [0.1, 0.15) is 37.9 Å². The van der Waals surface area contributed by atoms with Crippen molar-refractivity contribution < 1.29 is 0 Å². The van der Waals surface area contributed by atoms with Crippen molar-refractivity contribution in [3.05, 3.63) is 49.9 Å². The van der Waals surface area contributed by atoms with Gasteiger partial charge < -0.3 is 5.73 Å². The van der Waals surface area contributed by atoms with E-state index in [0.29, 0.717) is 12.2 Å². The molecule has 0 unspecified atom stereocenters. The fourth-order valence-corrected chi connectivity index (χ4v) is 3.18. The van der Waals surface area contributed by atoms with Gasteiger partial charge in [0, 0.05) is 16.9 Å². The second-order valence-corrected chi connectivity index (χ2v) is 7.26. The molecule has 0 aliphatic heterocycles. The lowest BCUT2D eigenvalue weighted by Crippen LogP contribution is -2.19. The summed E-state index contributed by atoms with van der Waals surface area (Å²) in [5, 5.41) is 0.719. The minimum absolute atomic E-state index is 0.0589. The van der Waals surface area contributed by atoms with Gasteiger partial charge in [-0.1, -0.05) is 44.5 Å². The molecule has 5 heteroatoms. The van der Waals surface area contributed by atoms with Crippen LogP contribution in [0.4, 0.5) is 5.82 Å². The maximum absolute atomic E-state index is 6.02. The lowest BCUT2D eigenvalue weighted by Gasteiger charge is -2.21. The molecule has 0 saturated carbocycles. The van der Waals surface area contributed by atoms with Gasteiger partial charge in [0.15, 0.2) is 0 Å². The molecule has 0 aliphatic rings. The van der Waals surface area contributed by atoms with Gasteiger partial charge in [-0.3, -0.25) is 0 Å². The highest BCUT2D eigenvalue weighted by Gasteiger charge is 2.22. The Balaban J connectivity index is 2.41. The summed E-state index contributed by atoms with van der Waals surface area (Å²) in [7, 11) is 0. The molecule has 3 nitrogen and oxygen atoms in total. The Labute approximate surface area is 138 Å². The molecule has 0 aliphatic carbocycles. The number of benzene rings is 1. The number of nitrogens with zero attached hydrogens (tertiary/aromatic N) is 2. The van der Waals surface area contributed by atoms with Gasteiger partial charge in [-0.25, -0.2) is 9.97 Å². The van der Waals surface area contributed by atoms with Crippen LogP contribution in [0.15, 0.2) is 24.3 Å². The van der Waals surface area contributed by atoms with Gasteiger partial charge in [-0.15, -0.1) is 0 Å². The van der Waals surface area contributed by atoms with Crippen molar-refractivity contribution in [2.24, 2.45) is 0 Å². The summed E-state index contributed by atoms with van der Waals surface area (Å²) in [6.07, 6.45) is 0.630. The minimum Gasteiger partial charge on any atom is -0.383 e. The van der Waals surface area contributed by atoms with Crippen LogP contribution in [-0.2, 0) is 11.8 Å². The number of halogens is 2. The summed E-state index contributed by atoms with van der Waals surface area (Å²) >= 11 is 8.22. The molecule has 0 fully saturated rings. The average Bonchev–Trinajstić information content (AvgIpc) is 2.32. The summed E-state index contributed by atoms with van der Waals surface area (Å²) in [4.78, 5) is 9.08. The first-order valence-electron chi connectivity index (χ1n) is 6.34. The van der Waals surface area contributed by atoms with E-state index in [9.17, 15) is 0 Å². The van der Waals surface area contributed by atoms with Crippen LogP contribution in [0.5, 0.6) is 0 Å². The van der Waals surface area contributed by atoms with Crippen molar-refractivity contribution in [1.82, 2.24) is 9.97 Å². The van der Waals surface area contributed by atoms with E-state index in [4.69, 9.17) is 17.3 Å². The van der Waals surface area contributed by atoms with Crippen LogP contribution in [0.3, 0.4) is 0 Å². The Kier molecular flexibility index (Phi) is 4.54. The molecule has 0 radical (unpaired) electrons. The third-order valence-electron chi connectivity index (χ3n) is 2.88. The topological polar surface area (TPSA) is 51.8 Å². The van der Waals surface area contributed by atoms with Gasteiger partial charge in [0.1, 0.15) is 11.6 Å².